The maximum atomic E-state index is 12.3. The SMILES string of the molecule is Cc1ccc(CC2(NC(=O)CC[C@H]3CCCN(C)C3)CC2)cc1. The summed E-state index contributed by atoms with van der Waals surface area (Å²) >= 11 is 0. The van der Waals surface area contributed by atoms with E-state index in [1.807, 2.05) is 0 Å². The van der Waals surface area contributed by atoms with Crippen LogP contribution in [0.5, 0.6) is 0 Å². The molecule has 1 N–H and O–H groups in total. The van der Waals surface area contributed by atoms with Crippen LogP contribution in [-0.2, 0) is 11.2 Å². The summed E-state index contributed by atoms with van der Waals surface area (Å²) < 4.78 is 0. The molecule has 2 fully saturated rings. The lowest BCUT2D eigenvalue weighted by molar-refractivity contribution is -0.122. The van der Waals surface area contributed by atoms with Crippen molar-refractivity contribution in [2.45, 2.75) is 57.4 Å². The first-order valence-corrected chi connectivity index (χ1v) is 9.10. The zero-order chi connectivity index (χ0) is 16.3. The van der Waals surface area contributed by atoms with E-state index in [-0.39, 0.29) is 11.4 Å². The molecule has 3 nitrogen and oxygen atoms in total. The molecule has 1 aromatic rings. The third kappa shape index (κ3) is 4.81. The molecule has 3 heteroatoms. The molecule has 1 aliphatic heterocycles. The smallest absolute Gasteiger partial charge is 0.220 e. The molecule has 1 atom stereocenters. The van der Waals surface area contributed by atoms with Gasteiger partial charge >= 0.3 is 0 Å². The van der Waals surface area contributed by atoms with Crippen molar-refractivity contribution in [2.24, 2.45) is 5.92 Å². The van der Waals surface area contributed by atoms with Crippen LogP contribution in [-0.4, -0.2) is 36.5 Å². The Balaban J connectivity index is 1.44. The molecule has 1 saturated heterocycles. The van der Waals surface area contributed by atoms with Crippen LogP contribution in [0.2, 0.25) is 0 Å². The zero-order valence-corrected chi connectivity index (χ0v) is 14.6. The van der Waals surface area contributed by atoms with E-state index >= 15 is 0 Å². The van der Waals surface area contributed by atoms with Crippen molar-refractivity contribution < 1.29 is 4.79 Å². The Labute approximate surface area is 140 Å². The molecule has 1 saturated carbocycles. The van der Waals surface area contributed by atoms with Gasteiger partial charge in [-0.3, -0.25) is 4.79 Å². The van der Waals surface area contributed by atoms with Gasteiger partial charge in [0.1, 0.15) is 0 Å². The Morgan fingerprint density at radius 1 is 1.30 bits per heavy atom. The quantitative estimate of drug-likeness (QED) is 0.874. The molecular formula is C20H30N2O. The fourth-order valence-corrected chi connectivity index (χ4v) is 3.80. The molecule has 2 aliphatic rings. The van der Waals surface area contributed by atoms with Gasteiger partial charge in [0, 0.05) is 18.5 Å². The number of carbonyl (C=O) groups is 1. The molecule has 1 amide bonds. The number of amides is 1. The van der Waals surface area contributed by atoms with Crippen molar-refractivity contribution in [3.05, 3.63) is 35.4 Å². The highest BCUT2D eigenvalue weighted by Crippen LogP contribution is 2.38. The van der Waals surface area contributed by atoms with Crippen LogP contribution in [0, 0.1) is 12.8 Å². The lowest BCUT2D eigenvalue weighted by atomic mass is 9.93. The Morgan fingerprint density at radius 2 is 2.04 bits per heavy atom. The zero-order valence-electron chi connectivity index (χ0n) is 14.6. The first-order chi connectivity index (χ1) is 11.0. The number of likely N-dealkylation sites (tertiary alicyclic amines) is 1. The van der Waals surface area contributed by atoms with Gasteiger partial charge in [-0.1, -0.05) is 29.8 Å². The third-order valence-electron chi connectivity index (χ3n) is 5.42. The summed E-state index contributed by atoms with van der Waals surface area (Å²) in [7, 11) is 2.19. The van der Waals surface area contributed by atoms with Crippen LogP contribution >= 0.6 is 0 Å². The standard InChI is InChI=1S/C20H30N2O/c1-16-5-7-17(8-6-16)14-20(11-12-20)21-19(23)10-9-18-4-3-13-22(2)15-18/h5-8,18H,3-4,9-15H2,1-2H3,(H,21,23)/t18-/m1/s1. The highest BCUT2D eigenvalue weighted by Gasteiger charge is 2.43. The number of nitrogens with zero attached hydrogens (tertiary/aromatic N) is 1. The Bertz CT molecular complexity index is 533. The normalized spacial score (nSPS) is 23.5. The molecule has 126 valence electrons. The average Bonchev–Trinajstić information content (AvgIpc) is 3.27. The van der Waals surface area contributed by atoms with Gasteiger partial charge in [0.2, 0.25) is 5.91 Å². The summed E-state index contributed by atoms with van der Waals surface area (Å²) in [5, 5.41) is 3.33. The monoisotopic (exact) mass is 314 g/mol. The van der Waals surface area contributed by atoms with Crippen molar-refractivity contribution in [1.82, 2.24) is 10.2 Å². The molecule has 23 heavy (non-hydrogen) atoms. The highest BCUT2D eigenvalue weighted by atomic mass is 16.1. The van der Waals surface area contributed by atoms with Crippen LogP contribution < -0.4 is 5.32 Å². The number of hydrogen-bond acceptors (Lipinski definition) is 2. The Hall–Kier alpha value is -1.35. The van der Waals surface area contributed by atoms with Crippen molar-refractivity contribution in [2.75, 3.05) is 20.1 Å². The van der Waals surface area contributed by atoms with E-state index in [4.69, 9.17) is 0 Å². The minimum absolute atomic E-state index is 0.0513. The summed E-state index contributed by atoms with van der Waals surface area (Å²) in [6.45, 7) is 4.48. The van der Waals surface area contributed by atoms with Gasteiger partial charge in [-0.05, 0) is 70.5 Å². The fraction of sp³-hybridized carbons (Fsp3) is 0.650. The largest absolute Gasteiger partial charge is 0.350 e. The number of rotatable bonds is 6. The second-order valence-corrected chi connectivity index (χ2v) is 7.80. The summed E-state index contributed by atoms with van der Waals surface area (Å²) in [5.74, 6) is 0.953. The van der Waals surface area contributed by atoms with Gasteiger partial charge in [0.05, 0.1) is 0 Å². The molecule has 0 unspecified atom stereocenters. The predicted molar refractivity (Wildman–Crippen MR) is 94.4 cm³/mol. The number of benzene rings is 1. The minimum atomic E-state index is 0.0513. The minimum Gasteiger partial charge on any atom is -0.350 e. The van der Waals surface area contributed by atoms with E-state index in [1.54, 1.807) is 0 Å². The predicted octanol–water partition coefficient (Wildman–Crippen LogP) is 3.31. The van der Waals surface area contributed by atoms with Crippen LogP contribution in [0.25, 0.3) is 0 Å². The second kappa shape index (κ2) is 7.04. The summed E-state index contributed by atoms with van der Waals surface area (Å²) in [6, 6.07) is 8.71. The van der Waals surface area contributed by atoms with E-state index < -0.39 is 0 Å². The molecule has 0 spiro atoms. The van der Waals surface area contributed by atoms with E-state index in [0.29, 0.717) is 12.3 Å². The van der Waals surface area contributed by atoms with E-state index in [9.17, 15) is 4.79 Å². The van der Waals surface area contributed by atoms with Crippen molar-refractivity contribution in [1.29, 1.82) is 0 Å². The molecule has 1 aliphatic carbocycles. The molecule has 0 radical (unpaired) electrons. The average molecular weight is 314 g/mol. The molecule has 3 rings (SSSR count). The Morgan fingerprint density at radius 3 is 2.70 bits per heavy atom. The lowest BCUT2D eigenvalue weighted by Crippen LogP contribution is -2.39. The third-order valence-corrected chi connectivity index (χ3v) is 5.42. The molecule has 0 aromatic heterocycles. The van der Waals surface area contributed by atoms with Crippen molar-refractivity contribution >= 4 is 5.91 Å². The van der Waals surface area contributed by atoms with Crippen LogP contribution in [0.3, 0.4) is 0 Å². The topological polar surface area (TPSA) is 32.3 Å². The van der Waals surface area contributed by atoms with Crippen molar-refractivity contribution in [3.8, 4) is 0 Å². The number of piperidine rings is 1. The summed E-state index contributed by atoms with van der Waals surface area (Å²) in [4.78, 5) is 14.7. The van der Waals surface area contributed by atoms with Crippen LogP contribution in [0.15, 0.2) is 24.3 Å². The number of nitrogens with one attached hydrogen (secondary N) is 1. The molecule has 0 bridgehead atoms. The molecular weight excluding hydrogens is 284 g/mol. The van der Waals surface area contributed by atoms with Gasteiger partial charge < -0.3 is 10.2 Å². The van der Waals surface area contributed by atoms with E-state index in [0.717, 1.165) is 32.2 Å². The highest BCUT2D eigenvalue weighted by molar-refractivity contribution is 5.77. The van der Waals surface area contributed by atoms with E-state index in [1.165, 1.54) is 30.5 Å². The van der Waals surface area contributed by atoms with Gasteiger partial charge in [-0.2, -0.15) is 0 Å². The Kier molecular flexibility index (Phi) is 5.05. The maximum Gasteiger partial charge on any atom is 0.220 e. The first kappa shape index (κ1) is 16.5. The van der Waals surface area contributed by atoms with Gasteiger partial charge in [0.15, 0.2) is 0 Å². The first-order valence-electron chi connectivity index (χ1n) is 9.10. The number of hydrogen-bond donors (Lipinski definition) is 1. The van der Waals surface area contributed by atoms with Gasteiger partial charge in [0.25, 0.3) is 0 Å². The van der Waals surface area contributed by atoms with E-state index in [2.05, 4.69) is 48.5 Å². The van der Waals surface area contributed by atoms with Crippen molar-refractivity contribution in [3.63, 3.8) is 0 Å². The molecule has 1 heterocycles. The van der Waals surface area contributed by atoms with Gasteiger partial charge in [-0.25, -0.2) is 0 Å². The summed E-state index contributed by atoms with van der Waals surface area (Å²) in [5.41, 5.74) is 2.68. The number of carbonyl (C=O) groups excluding carboxylic acids is 1. The van der Waals surface area contributed by atoms with Gasteiger partial charge in [-0.15, -0.1) is 0 Å². The summed E-state index contributed by atoms with van der Waals surface area (Å²) in [6.07, 6.45) is 7.51. The second-order valence-electron chi connectivity index (χ2n) is 7.80. The number of aryl methyl sites for hydroxylation is 1. The molecule has 1 aromatic carbocycles. The lowest BCUT2D eigenvalue weighted by Gasteiger charge is -2.29. The maximum absolute atomic E-state index is 12.3. The van der Waals surface area contributed by atoms with Crippen LogP contribution in [0.1, 0.15) is 49.7 Å². The fourth-order valence-electron chi connectivity index (χ4n) is 3.80. The van der Waals surface area contributed by atoms with Crippen LogP contribution in [0.4, 0.5) is 0 Å².